The van der Waals surface area contributed by atoms with Gasteiger partial charge in [-0.2, -0.15) is 0 Å². The van der Waals surface area contributed by atoms with Crippen molar-refractivity contribution < 1.29 is 9.53 Å². The third-order valence-electron chi connectivity index (χ3n) is 3.42. The van der Waals surface area contributed by atoms with Crippen LogP contribution in [-0.2, 0) is 6.54 Å². The van der Waals surface area contributed by atoms with Crippen LogP contribution in [0.1, 0.15) is 16.1 Å². The van der Waals surface area contributed by atoms with Crippen LogP contribution in [0.15, 0.2) is 53.9 Å². The van der Waals surface area contributed by atoms with Gasteiger partial charge in [0, 0.05) is 22.6 Å². The minimum absolute atomic E-state index is 0.216. The smallest absolute Gasteiger partial charge is 0.271 e. The van der Waals surface area contributed by atoms with Gasteiger partial charge in [-0.3, -0.25) is 4.79 Å². The van der Waals surface area contributed by atoms with Crippen LogP contribution in [0.5, 0.6) is 5.75 Å². The van der Waals surface area contributed by atoms with Gasteiger partial charge in [-0.25, -0.2) is 4.98 Å². The number of halogens is 1. The predicted molar refractivity (Wildman–Crippen MR) is 101 cm³/mol. The molecule has 3 rings (SSSR count). The number of thiazole rings is 1. The van der Waals surface area contributed by atoms with E-state index >= 15 is 0 Å². The molecule has 0 saturated carbocycles. The number of nitrogens with one attached hydrogen (secondary N) is 2. The summed E-state index contributed by atoms with van der Waals surface area (Å²) < 4.78 is 5.11. The molecule has 1 aromatic heterocycles. The van der Waals surface area contributed by atoms with Crippen LogP contribution in [0.4, 0.5) is 10.8 Å². The van der Waals surface area contributed by atoms with Gasteiger partial charge in [0.05, 0.1) is 7.11 Å². The molecule has 25 heavy (non-hydrogen) atoms. The van der Waals surface area contributed by atoms with Crippen molar-refractivity contribution in [3.8, 4) is 5.75 Å². The summed E-state index contributed by atoms with van der Waals surface area (Å²) in [5, 5.41) is 8.98. The molecule has 1 heterocycles. The number of methoxy groups -OCH3 is 1. The number of carbonyl (C=O) groups is 1. The molecule has 0 spiro atoms. The molecule has 1 amide bonds. The van der Waals surface area contributed by atoms with Gasteiger partial charge in [-0.15, -0.1) is 11.3 Å². The van der Waals surface area contributed by atoms with E-state index in [1.807, 2.05) is 36.4 Å². The van der Waals surface area contributed by atoms with E-state index in [0.29, 0.717) is 22.4 Å². The first-order chi connectivity index (χ1) is 12.1. The van der Waals surface area contributed by atoms with Crippen molar-refractivity contribution in [3.05, 3.63) is 70.2 Å². The number of amides is 1. The second-order valence-corrected chi connectivity index (χ2v) is 6.50. The quantitative estimate of drug-likeness (QED) is 0.668. The van der Waals surface area contributed by atoms with E-state index in [2.05, 4.69) is 15.6 Å². The molecule has 2 aromatic carbocycles. The molecule has 7 heteroatoms. The van der Waals surface area contributed by atoms with Gasteiger partial charge in [0.2, 0.25) is 0 Å². The van der Waals surface area contributed by atoms with Crippen LogP contribution >= 0.6 is 22.9 Å². The number of rotatable bonds is 6. The first-order valence-electron chi connectivity index (χ1n) is 7.53. The Morgan fingerprint density at radius 2 is 2.04 bits per heavy atom. The molecule has 0 radical (unpaired) electrons. The Morgan fingerprint density at radius 3 is 2.76 bits per heavy atom. The molecule has 2 N–H and O–H groups in total. The molecule has 5 nitrogen and oxygen atoms in total. The minimum Gasteiger partial charge on any atom is -0.497 e. The number of aromatic nitrogens is 1. The lowest BCUT2D eigenvalue weighted by Gasteiger charge is -2.05. The van der Waals surface area contributed by atoms with Gasteiger partial charge in [-0.05, 0) is 35.9 Å². The van der Waals surface area contributed by atoms with Gasteiger partial charge in [0.25, 0.3) is 5.91 Å². The molecule has 0 bridgehead atoms. The van der Waals surface area contributed by atoms with E-state index in [1.54, 1.807) is 24.6 Å². The number of ether oxygens (including phenoxy) is 1. The Hall–Kier alpha value is -2.57. The molecule has 0 fully saturated rings. The van der Waals surface area contributed by atoms with Crippen LogP contribution in [0, 0.1) is 0 Å². The van der Waals surface area contributed by atoms with Crippen molar-refractivity contribution >= 4 is 39.7 Å². The van der Waals surface area contributed by atoms with E-state index in [-0.39, 0.29) is 5.91 Å². The lowest BCUT2D eigenvalue weighted by atomic mass is 10.2. The number of carbonyl (C=O) groups excluding carboxylic acids is 1. The number of hydrogen-bond donors (Lipinski definition) is 2. The van der Waals surface area contributed by atoms with Gasteiger partial charge >= 0.3 is 0 Å². The molecule has 0 aliphatic carbocycles. The highest BCUT2D eigenvalue weighted by Crippen LogP contribution is 2.23. The first-order valence-corrected chi connectivity index (χ1v) is 8.79. The number of hydrogen-bond acceptors (Lipinski definition) is 5. The monoisotopic (exact) mass is 373 g/mol. The Kier molecular flexibility index (Phi) is 5.53. The fourth-order valence-corrected chi connectivity index (χ4v) is 3.04. The molecule has 128 valence electrons. The average molecular weight is 374 g/mol. The van der Waals surface area contributed by atoms with E-state index in [0.717, 1.165) is 17.0 Å². The summed E-state index contributed by atoms with van der Waals surface area (Å²) in [5.74, 6) is 0.567. The summed E-state index contributed by atoms with van der Waals surface area (Å²) >= 11 is 7.32. The van der Waals surface area contributed by atoms with Crippen LogP contribution in [-0.4, -0.2) is 18.0 Å². The van der Waals surface area contributed by atoms with Gasteiger partial charge in [0.15, 0.2) is 5.13 Å². The number of anilines is 2. The largest absolute Gasteiger partial charge is 0.497 e. The van der Waals surface area contributed by atoms with Crippen molar-refractivity contribution in [1.29, 1.82) is 0 Å². The molecular formula is C18H16ClN3O2S. The second kappa shape index (κ2) is 8.00. The summed E-state index contributed by atoms with van der Waals surface area (Å²) in [4.78, 5) is 16.5. The summed E-state index contributed by atoms with van der Waals surface area (Å²) in [6, 6.07) is 14.9. The summed E-state index contributed by atoms with van der Waals surface area (Å²) in [7, 11) is 1.62. The third-order valence-corrected chi connectivity index (χ3v) is 4.42. The minimum atomic E-state index is -0.216. The lowest BCUT2D eigenvalue weighted by molar-refractivity contribution is 0.0946. The summed E-state index contributed by atoms with van der Waals surface area (Å²) in [6.07, 6.45) is 0. The number of benzene rings is 2. The molecule has 0 aliphatic heterocycles. The Labute approximate surface area is 154 Å². The highest BCUT2D eigenvalue weighted by atomic mass is 35.5. The molecule has 0 aliphatic rings. The Morgan fingerprint density at radius 1 is 1.24 bits per heavy atom. The van der Waals surface area contributed by atoms with Crippen LogP contribution < -0.4 is 15.4 Å². The molecular weight excluding hydrogens is 358 g/mol. The van der Waals surface area contributed by atoms with Crippen LogP contribution in [0.25, 0.3) is 0 Å². The maximum absolute atomic E-state index is 12.2. The maximum atomic E-state index is 12.2. The van der Waals surface area contributed by atoms with Gasteiger partial charge in [0.1, 0.15) is 11.4 Å². The maximum Gasteiger partial charge on any atom is 0.271 e. The highest BCUT2D eigenvalue weighted by Gasteiger charge is 2.11. The predicted octanol–water partition coefficient (Wildman–Crippen LogP) is 4.48. The molecule has 3 aromatic rings. The zero-order valence-corrected chi connectivity index (χ0v) is 15.0. The molecule has 0 saturated heterocycles. The number of nitrogens with zero attached hydrogens (tertiary/aromatic N) is 1. The fraction of sp³-hybridized carbons (Fsp3) is 0.111. The van der Waals surface area contributed by atoms with E-state index < -0.39 is 0 Å². The van der Waals surface area contributed by atoms with Crippen molar-refractivity contribution in [3.63, 3.8) is 0 Å². The van der Waals surface area contributed by atoms with Crippen molar-refractivity contribution in [1.82, 2.24) is 10.3 Å². The zero-order chi connectivity index (χ0) is 17.6. The summed E-state index contributed by atoms with van der Waals surface area (Å²) in [5.41, 5.74) is 2.19. The Balaban J connectivity index is 1.58. The first kappa shape index (κ1) is 17.3. The zero-order valence-electron chi connectivity index (χ0n) is 13.5. The fourth-order valence-electron chi connectivity index (χ4n) is 2.14. The Bertz CT molecular complexity index is 865. The average Bonchev–Trinajstić information content (AvgIpc) is 3.08. The normalized spacial score (nSPS) is 10.3. The third kappa shape index (κ3) is 4.71. The van der Waals surface area contributed by atoms with Crippen molar-refractivity contribution in [2.24, 2.45) is 0 Å². The summed E-state index contributed by atoms with van der Waals surface area (Å²) in [6.45, 7) is 0.428. The SMILES string of the molecule is COc1ccc(CNC(=O)c2csc(Nc3cccc(Cl)c3)n2)cc1. The van der Waals surface area contributed by atoms with Crippen LogP contribution in [0.2, 0.25) is 5.02 Å². The molecule has 0 unspecified atom stereocenters. The topological polar surface area (TPSA) is 63.2 Å². The van der Waals surface area contributed by atoms with Crippen molar-refractivity contribution in [2.75, 3.05) is 12.4 Å². The van der Waals surface area contributed by atoms with Crippen LogP contribution in [0.3, 0.4) is 0 Å². The van der Waals surface area contributed by atoms with Crippen molar-refractivity contribution in [2.45, 2.75) is 6.54 Å². The lowest BCUT2D eigenvalue weighted by Crippen LogP contribution is -2.23. The second-order valence-electron chi connectivity index (χ2n) is 5.20. The van der Waals surface area contributed by atoms with E-state index in [4.69, 9.17) is 16.3 Å². The van der Waals surface area contributed by atoms with E-state index in [1.165, 1.54) is 11.3 Å². The highest BCUT2D eigenvalue weighted by molar-refractivity contribution is 7.14. The molecule has 0 atom stereocenters. The van der Waals surface area contributed by atoms with E-state index in [9.17, 15) is 4.79 Å². The van der Waals surface area contributed by atoms with Gasteiger partial charge < -0.3 is 15.4 Å². The standard InChI is InChI=1S/C18H16ClN3O2S/c1-24-15-7-5-12(6-8-15)10-20-17(23)16-11-25-18(22-16)21-14-4-2-3-13(19)9-14/h2-9,11H,10H2,1H3,(H,20,23)(H,21,22). The van der Waals surface area contributed by atoms with Gasteiger partial charge in [-0.1, -0.05) is 29.8 Å².